The zero-order valence-electron chi connectivity index (χ0n) is 10.2. The Morgan fingerprint density at radius 1 is 1.21 bits per heavy atom. The van der Waals surface area contributed by atoms with Crippen molar-refractivity contribution in [3.63, 3.8) is 0 Å². The summed E-state index contributed by atoms with van der Waals surface area (Å²) in [7, 11) is 1.11. The van der Waals surface area contributed by atoms with E-state index in [4.69, 9.17) is 22.3 Å². The molecule has 2 rings (SSSR count). The molecule has 0 saturated carbocycles. The summed E-state index contributed by atoms with van der Waals surface area (Å²) in [6.45, 7) is 2.05. The molecule has 106 valence electrons. The summed E-state index contributed by atoms with van der Waals surface area (Å²) in [5.74, 6) is -0.840. The largest absolute Gasteiger partial charge is 0.299 e. The van der Waals surface area contributed by atoms with Gasteiger partial charge >= 0.3 is 0 Å². The number of rotatable bonds is 3. The van der Waals surface area contributed by atoms with Gasteiger partial charge in [-0.2, -0.15) is 0 Å². The first-order valence-electron chi connectivity index (χ1n) is 6.03. The molecule has 1 aliphatic rings. The van der Waals surface area contributed by atoms with Crippen LogP contribution in [0.5, 0.6) is 0 Å². The third-order valence-corrected chi connectivity index (χ3v) is 4.94. The second kappa shape index (κ2) is 5.95. The van der Waals surface area contributed by atoms with Gasteiger partial charge in [0, 0.05) is 27.8 Å². The summed E-state index contributed by atoms with van der Waals surface area (Å²) in [6, 6.07) is 2.47. The lowest BCUT2D eigenvalue weighted by atomic mass is 10.1. The van der Waals surface area contributed by atoms with Crippen LogP contribution < -0.4 is 0 Å². The van der Waals surface area contributed by atoms with Crippen LogP contribution in [0.3, 0.4) is 0 Å². The average Bonchev–Trinajstić information content (AvgIpc) is 2.34. The Morgan fingerprint density at radius 2 is 1.84 bits per heavy atom. The predicted molar refractivity (Wildman–Crippen MR) is 73.6 cm³/mol. The van der Waals surface area contributed by atoms with Gasteiger partial charge in [0.2, 0.25) is 0 Å². The smallest absolute Gasteiger partial charge is 0.264 e. The summed E-state index contributed by atoms with van der Waals surface area (Å²) in [5.41, 5.74) is 0.199. The molecule has 1 fully saturated rings. The fourth-order valence-corrected chi connectivity index (χ4v) is 3.38. The van der Waals surface area contributed by atoms with Crippen molar-refractivity contribution in [2.75, 3.05) is 13.1 Å². The van der Waals surface area contributed by atoms with Crippen LogP contribution in [0, 0.1) is 5.82 Å². The highest BCUT2D eigenvalue weighted by molar-refractivity contribution is 8.13. The number of halogens is 3. The van der Waals surface area contributed by atoms with Gasteiger partial charge in [0.05, 0.1) is 0 Å². The van der Waals surface area contributed by atoms with Gasteiger partial charge in [-0.3, -0.25) is 4.90 Å². The van der Waals surface area contributed by atoms with Crippen molar-refractivity contribution in [2.45, 2.75) is 30.7 Å². The highest BCUT2D eigenvalue weighted by Crippen LogP contribution is 2.29. The van der Waals surface area contributed by atoms with Crippen molar-refractivity contribution in [3.8, 4) is 0 Å². The third-order valence-electron chi connectivity index (χ3n) is 3.24. The van der Waals surface area contributed by atoms with Gasteiger partial charge in [-0.25, -0.2) is 12.8 Å². The minimum atomic E-state index is -4.09. The molecule has 19 heavy (non-hydrogen) atoms. The Labute approximate surface area is 121 Å². The number of hydrogen-bond acceptors (Lipinski definition) is 3. The Kier molecular flexibility index (Phi) is 4.71. The Balaban J connectivity index is 2.33. The second-order valence-corrected chi connectivity index (χ2v) is 7.55. The van der Waals surface area contributed by atoms with Crippen molar-refractivity contribution < 1.29 is 12.8 Å². The maximum absolute atomic E-state index is 14.2. The van der Waals surface area contributed by atoms with Crippen LogP contribution in [0.2, 0.25) is 5.02 Å². The van der Waals surface area contributed by atoms with Crippen LogP contribution in [0.4, 0.5) is 4.39 Å². The lowest BCUT2D eigenvalue weighted by Gasteiger charge is -2.27. The normalized spacial score (nSPS) is 17.6. The van der Waals surface area contributed by atoms with Gasteiger partial charge in [0.15, 0.2) is 0 Å². The summed E-state index contributed by atoms with van der Waals surface area (Å²) < 4.78 is 36.8. The number of nitrogens with zero attached hydrogens (tertiary/aromatic N) is 1. The lowest BCUT2D eigenvalue weighted by molar-refractivity contribution is 0.218. The van der Waals surface area contributed by atoms with Crippen molar-refractivity contribution in [1.29, 1.82) is 0 Å². The highest BCUT2D eigenvalue weighted by Gasteiger charge is 2.22. The van der Waals surface area contributed by atoms with E-state index in [1.54, 1.807) is 0 Å². The monoisotopic (exact) mass is 325 g/mol. The molecule has 1 aliphatic heterocycles. The molecule has 0 bridgehead atoms. The van der Waals surface area contributed by atoms with E-state index in [9.17, 15) is 12.8 Å². The molecule has 0 aliphatic carbocycles. The summed E-state index contributed by atoms with van der Waals surface area (Å²) in [5, 5.41) is 0.229. The first kappa shape index (κ1) is 15.0. The average molecular weight is 326 g/mol. The molecule has 1 aromatic rings. The van der Waals surface area contributed by atoms with E-state index >= 15 is 0 Å². The van der Waals surface area contributed by atoms with Crippen molar-refractivity contribution >= 4 is 31.3 Å². The van der Waals surface area contributed by atoms with Crippen molar-refractivity contribution in [3.05, 3.63) is 28.5 Å². The molecule has 3 nitrogen and oxygen atoms in total. The van der Waals surface area contributed by atoms with Crippen LogP contribution in [0.25, 0.3) is 0 Å². The predicted octanol–water partition coefficient (Wildman–Crippen LogP) is 3.39. The molecule has 0 atom stereocenters. The molecular weight excluding hydrogens is 312 g/mol. The minimum Gasteiger partial charge on any atom is -0.299 e. The number of piperidine rings is 1. The van der Waals surface area contributed by atoms with Crippen molar-refractivity contribution in [2.24, 2.45) is 0 Å². The molecule has 0 unspecified atom stereocenters. The fraction of sp³-hybridized carbons (Fsp3) is 0.500. The molecule has 0 aromatic heterocycles. The van der Waals surface area contributed by atoms with E-state index in [0.29, 0.717) is 6.54 Å². The fourth-order valence-electron chi connectivity index (χ4n) is 2.25. The van der Waals surface area contributed by atoms with E-state index in [1.165, 1.54) is 12.5 Å². The zero-order valence-corrected chi connectivity index (χ0v) is 12.5. The minimum absolute atomic E-state index is 0.199. The summed E-state index contributed by atoms with van der Waals surface area (Å²) in [4.78, 5) is 1.56. The first-order valence-corrected chi connectivity index (χ1v) is 8.72. The van der Waals surface area contributed by atoms with Gasteiger partial charge in [-0.1, -0.05) is 18.0 Å². The van der Waals surface area contributed by atoms with E-state index in [2.05, 4.69) is 4.90 Å². The van der Waals surface area contributed by atoms with Crippen LogP contribution in [0.15, 0.2) is 17.0 Å². The van der Waals surface area contributed by atoms with E-state index in [0.717, 1.165) is 32.0 Å². The van der Waals surface area contributed by atoms with E-state index in [1.807, 2.05) is 0 Å². The number of likely N-dealkylation sites (tertiary alicyclic amines) is 1. The summed E-state index contributed by atoms with van der Waals surface area (Å²) in [6.07, 6.45) is 3.29. The quantitative estimate of drug-likeness (QED) is 0.799. The highest BCUT2D eigenvalue weighted by atomic mass is 35.7. The SMILES string of the molecule is O=S(=O)(Cl)c1ccc(Cl)c(CN2CCCCC2)c1F. The molecule has 0 amide bonds. The molecule has 0 N–H and O–H groups in total. The third kappa shape index (κ3) is 3.60. The van der Waals surface area contributed by atoms with E-state index in [-0.39, 0.29) is 10.6 Å². The second-order valence-electron chi connectivity index (χ2n) is 4.61. The number of benzene rings is 1. The van der Waals surface area contributed by atoms with Gasteiger partial charge in [-0.15, -0.1) is 0 Å². The maximum Gasteiger partial charge on any atom is 0.264 e. The van der Waals surface area contributed by atoms with Gasteiger partial charge in [0.1, 0.15) is 10.7 Å². The molecule has 1 heterocycles. The van der Waals surface area contributed by atoms with Crippen LogP contribution in [-0.4, -0.2) is 26.4 Å². The molecule has 0 radical (unpaired) electrons. The Hall–Kier alpha value is -0.360. The molecule has 7 heteroatoms. The number of hydrogen-bond donors (Lipinski definition) is 0. The standard InChI is InChI=1S/C12H14Cl2FNO2S/c13-10-4-5-11(19(14,17)18)12(15)9(10)8-16-6-2-1-3-7-16/h4-5H,1-3,6-8H2. The lowest BCUT2D eigenvalue weighted by Crippen LogP contribution is -2.29. The van der Waals surface area contributed by atoms with Crippen LogP contribution >= 0.6 is 22.3 Å². The van der Waals surface area contributed by atoms with Crippen LogP contribution in [0.1, 0.15) is 24.8 Å². The van der Waals surface area contributed by atoms with Crippen molar-refractivity contribution in [1.82, 2.24) is 4.90 Å². The van der Waals surface area contributed by atoms with Gasteiger partial charge in [0.25, 0.3) is 9.05 Å². The van der Waals surface area contributed by atoms with Gasteiger partial charge < -0.3 is 0 Å². The Bertz CT molecular complexity index is 571. The molecule has 1 aromatic carbocycles. The first-order chi connectivity index (χ1) is 8.89. The van der Waals surface area contributed by atoms with Gasteiger partial charge in [-0.05, 0) is 38.1 Å². The summed E-state index contributed by atoms with van der Waals surface area (Å²) >= 11 is 5.97. The molecule has 1 saturated heterocycles. The maximum atomic E-state index is 14.2. The van der Waals surface area contributed by atoms with Crippen LogP contribution in [-0.2, 0) is 15.6 Å². The topological polar surface area (TPSA) is 37.4 Å². The molecule has 0 spiro atoms. The van der Waals surface area contributed by atoms with E-state index < -0.39 is 19.8 Å². The molecular formula is C12H14Cl2FNO2S. The Morgan fingerprint density at radius 3 is 2.42 bits per heavy atom. The zero-order chi connectivity index (χ0) is 14.0.